The van der Waals surface area contributed by atoms with Crippen LogP contribution in [0.15, 0.2) is 18.2 Å². The van der Waals surface area contributed by atoms with E-state index in [0.717, 1.165) is 31.6 Å². The van der Waals surface area contributed by atoms with Crippen LogP contribution < -0.4 is 0 Å². The van der Waals surface area contributed by atoms with Gasteiger partial charge in [0.2, 0.25) is 0 Å². The Kier molecular flexibility index (Phi) is 5.52. The maximum Gasteiger partial charge on any atom is 0.409 e. The van der Waals surface area contributed by atoms with Gasteiger partial charge in [0, 0.05) is 42.8 Å². The zero-order valence-corrected chi connectivity index (χ0v) is 13.0. The number of hydrogen-bond acceptors (Lipinski definition) is 3. The highest BCUT2D eigenvalue weighted by molar-refractivity contribution is 6.35. The standard InChI is InChI=1S/C14H18Cl2N2O2/c1-20-14(19)18-8-6-17(7-9-18)5-4-11-2-3-12(15)10-13(11)16/h2-3,10H,4-9H2,1H3. The maximum atomic E-state index is 11.4. The van der Waals surface area contributed by atoms with Crippen LogP contribution in [-0.2, 0) is 11.2 Å². The number of piperazine rings is 1. The molecule has 0 aromatic heterocycles. The van der Waals surface area contributed by atoms with E-state index in [1.807, 2.05) is 12.1 Å². The summed E-state index contributed by atoms with van der Waals surface area (Å²) in [4.78, 5) is 15.4. The predicted octanol–water partition coefficient (Wildman–Crippen LogP) is 2.92. The number of benzene rings is 1. The molecule has 20 heavy (non-hydrogen) atoms. The van der Waals surface area contributed by atoms with Gasteiger partial charge in [-0.1, -0.05) is 29.3 Å². The van der Waals surface area contributed by atoms with Crippen LogP contribution in [-0.4, -0.2) is 55.7 Å². The van der Waals surface area contributed by atoms with E-state index >= 15 is 0 Å². The summed E-state index contributed by atoms with van der Waals surface area (Å²) in [5, 5.41) is 1.37. The van der Waals surface area contributed by atoms with Gasteiger partial charge >= 0.3 is 6.09 Å². The number of nitrogens with zero attached hydrogens (tertiary/aromatic N) is 2. The molecule has 6 heteroatoms. The van der Waals surface area contributed by atoms with E-state index in [2.05, 4.69) is 4.90 Å². The smallest absolute Gasteiger partial charge is 0.409 e. The highest BCUT2D eigenvalue weighted by Gasteiger charge is 2.21. The molecule has 0 radical (unpaired) electrons. The van der Waals surface area contributed by atoms with Crippen LogP contribution in [0, 0.1) is 0 Å². The molecule has 0 spiro atoms. The molecule has 2 rings (SSSR count). The molecule has 0 saturated carbocycles. The number of carbonyl (C=O) groups excluding carboxylic acids is 1. The Morgan fingerprint density at radius 2 is 1.95 bits per heavy atom. The normalized spacial score (nSPS) is 16.2. The van der Waals surface area contributed by atoms with Gasteiger partial charge in [-0.2, -0.15) is 0 Å². The summed E-state index contributed by atoms with van der Waals surface area (Å²) in [6.45, 7) is 4.07. The SMILES string of the molecule is COC(=O)N1CCN(CCc2ccc(Cl)cc2Cl)CC1. The third kappa shape index (κ3) is 4.01. The lowest BCUT2D eigenvalue weighted by molar-refractivity contribution is 0.0914. The zero-order chi connectivity index (χ0) is 14.5. The number of ether oxygens (including phenoxy) is 1. The Morgan fingerprint density at radius 1 is 1.25 bits per heavy atom. The number of hydrogen-bond donors (Lipinski definition) is 0. The fourth-order valence-electron chi connectivity index (χ4n) is 2.29. The van der Waals surface area contributed by atoms with Crippen LogP contribution in [0.5, 0.6) is 0 Å². The number of amides is 1. The fourth-order valence-corrected chi connectivity index (χ4v) is 2.79. The first-order valence-electron chi connectivity index (χ1n) is 6.59. The Hall–Kier alpha value is -0.970. The second-order valence-electron chi connectivity index (χ2n) is 4.78. The molecule has 0 aliphatic carbocycles. The molecular weight excluding hydrogens is 299 g/mol. The van der Waals surface area contributed by atoms with Gasteiger partial charge < -0.3 is 9.64 Å². The van der Waals surface area contributed by atoms with Gasteiger partial charge in [0.25, 0.3) is 0 Å². The summed E-state index contributed by atoms with van der Waals surface area (Å²) in [6, 6.07) is 5.60. The van der Waals surface area contributed by atoms with Crippen LogP contribution >= 0.6 is 23.2 Å². The van der Waals surface area contributed by atoms with Crippen LogP contribution in [0.4, 0.5) is 4.79 Å². The Bertz CT molecular complexity index is 474. The topological polar surface area (TPSA) is 32.8 Å². The quantitative estimate of drug-likeness (QED) is 0.859. The van der Waals surface area contributed by atoms with E-state index in [4.69, 9.17) is 27.9 Å². The lowest BCUT2D eigenvalue weighted by atomic mass is 10.1. The monoisotopic (exact) mass is 316 g/mol. The molecule has 1 aromatic rings. The van der Waals surface area contributed by atoms with Gasteiger partial charge in [-0.15, -0.1) is 0 Å². The molecule has 1 fully saturated rings. The highest BCUT2D eigenvalue weighted by atomic mass is 35.5. The number of carbonyl (C=O) groups is 1. The molecule has 110 valence electrons. The molecule has 1 aliphatic rings. The molecule has 0 unspecified atom stereocenters. The van der Waals surface area contributed by atoms with Crippen molar-refractivity contribution in [3.63, 3.8) is 0 Å². The maximum absolute atomic E-state index is 11.4. The van der Waals surface area contributed by atoms with Gasteiger partial charge in [-0.3, -0.25) is 4.90 Å². The summed E-state index contributed by atoms with van der Waals surface area (Å²) >= 11 is 12.0. The van der Waals surface area contributed by atoms with E-state index in [0.29, 0.717) is 23.1 Å². The van der Waals surface area contributed by atoms with Gasteiger partial charge in [0.05, 0.1) is 7.11 Å². The van der Waals surface area contributed by atoms with Crippen molar-refractivity contribution in [3.8, 4) is 0 Å². The third-order valence-electron chi connectivity index (χ3n) is 3.52. The summed E-state index contributed by atoms with van der Waals surface area (Å²) in [6.07, 6.45) is 0.638. The zero-order valence-electron chi connectivity index (χ0n) is 11.4. The summed E-state index contributed by atoms with van der Waals surface area (Å²) in [5.41, 5.74) is 1.10. The minimum Gasteiger partial charge on any atom is -0.453 e. The van der Waals surface area contributed by atoms with Crippen LogP contribution in [0.1, 0.15) is 5.56 Å². The Morgan fingerprint density at radius 3 is 2.55 bits per heavy atom. The number of rotatable bonds is 3. The fraction of sp³-hybridized carbons (Fsp3) is 0.500. The average Bonchev–Trinajstić information content (AvgIpc) is 2.46. The molecule has 1 heterocycles. The van der Waals surface area contributed by atoms with E-state index in [-0.39, 0.29) is 6.09 Å². The lowest BCUT2D eigenvalue weighted by Crippen LogP contribution is -2.49. The first kappa shape index (κ1) is 15.4. The molecule has 4 nitrogen and oxygen atoms in total. The van der Waals surface area contributed by atoms with Crippen LogP contribution in [0.25, 0.3) is 0 Å². The second kappa shape index (κ2) is 7.16. The van der Waals surface area contributed by atoms with Crippen molar-refractivity contribution in [2.24, 2.45) is 0 Å². The minimum absolute atomic E-state index is 0.245. The highest BCUT2D eigenvalue weighted by Crippen LogP contribution is 2.21. The predicted molar refractivity (Wildman–Crippen MR) is 80.6 cm³/mol. The Labute approximate surface area is 129 Å². The van der Waals surface area contributed by atoms with E-state index in [1.54, 1.807) is 11.0 Å². The number of methoxy groups -OCH3 is 1. The molecule has 1 aliphatic heterocycles. The lowest BCUT2D eigenvalue weighted by Gasteiger charge is -2.33. The van der Waals surface area contributed by atoms with Crippen molar-refractivity contribution in [3.05, 3.63) is 33.8 Å². The molecule has 1 aromatic carbocycles. The summed E-state index contributed by atoms with van der Waals surface area (Å²) < 4.78 is 4.72. The van der Waals surface area contributed by atoms with Crippen molar-refractivity contribution in [1.82, 2.24) is 9.80 Å². The summed E-state index contributed by atoms with van der Waals surface area (Å²) in [5.74, 6) is 0. The first-order valence-corrected chi connectivity index (χ1v) is 7.35. The average molecular weight is 317 g/mol. The minimum atomic E-state index is -0.245. The Balaban J connectivity index is 1.80. The third-order valence-corrected chi connectivity index (χ3v) is 4.10. The second-order valence-corrected chi connectivity index (χ2v) is 5.63. The van der Waals surface area contributed by atoms with Crippen molar-refractivity contribution < 1.29 is 9.53 Å². The van der Waals surface area contributed by atoms with E-state index < -0.39 is 0 Å². The van der Waals surface area contributed by atoms with Crippen molar-refractivity contribution >= 4 is 29.3 Å². The van der Waals surface area contributed by atoms with Gasteiger partial charge in [-0.05, 0) is 24.1 Å². The van der Waals surface area contributed by atoms with Crippen LogP contribution in [0.2, 0.25) is 10.0 Å². The van der Waals surface area contributed by atoms with Crippen LogP contribution in [0.3, 0.4) is 0 Å². The molecular formula is C14H18Cl2N2O2. The molecule has 0 atom stereocenters. The summed E-state index contributed by atoms with van der Waals surface area (Å²) in [7, 11) is 1.41. The molecule has 0 N–H and O–H groups in total. The van der Waals surface area contributed by atoms with E-state index in [9.17, 15) is 4.79 Å². The molecule has 1 saturated heterocycles. The van der Waals surface area contributed by atoms with Gasteiger partial charge in [0.1, 0.15) is 0 Å². The van der Waals surface area contributed by atoms with Crippen molar-refractivity contribution in [1.29, 1.82) is 0 Å². The van der Waals surface area contributed by atoms with Gasteiger partial charge in [0.15, 0.2) is 0 Å². The van der Waals surface area contributed by atoms with Crippen molar-refractivity contribution in [2.45, 2.75) is 6.42 Å². The van der Waals surface area contributed by atoms with Gasteiger partial charge in [-0.25, -0.2) is 4.79 Å². The molecule has 1 amide bonds. The first-order chi connectivity index (χ1) is 9.60. The van der Waals surface area contributed by atoms with E-state index in [1.165, 1.54) is 7.11 Å². The van der Waals surface area contributed by atoms with Crippen molar-refractivity contribution in [2.75, 3.05) is 39.8 Å². The number of halogens is 2. The molecule has 0 bridgehead atoms. The largest absolute Gasteiger partial charge is 0.453 e.